The van der Waals surface area contributed by atoms with Crippen LogP contribution in [0.3, 0.4) is 0 Å². The van der Waals surface area contributed by atoms with Gasteiger partial charge < -0.3 is 18.9 Å². The number of carbonyl (C=O) groups is 2. The second-order valence-corrected chi connectivity index (χ2v) is 11.7. The van der Waals surface area contributed by atoms with Gasteiger partial charge in [0.2, 0.25) is 0 Å². The minimum atomic E-state index is -2.99. The van der Waals surface area contributed by atoms with Gasteiger partial charge in [0.25, 0.3) is 11.5 Å². The zero-order valence-corrected chi connectivity index (χ0v) is 24.8. The smallest absolute Gasteiger partial charge is 0.306 e. The van der Waals surface area contributed by atoms with Crippen molar-refractivity contribution in [3.63, 3.8) is 0 Å². The predicted molar refractivity (Wildman–Crippen MR) is 157 cm³/mol. The van der Waals surface area contributed by atoms with Crippen molar-refractivity contribution in [2.45, 2.75) is 43.6 Å². The number of hydrogen-bond acceptors (Lipinski definition) is 9. The van der Waals surface area contributed by atoms with Crippen molar-refractivity contribution >= 4 is 45.1 Å². The average Bonchev–Trinajstić information content (AvgIpc) is 3.41. The lowest BCUT2D eigenvalue weighted by atomic mass is 9.77. The van der Waals surface area contributed by atoms with E-state index in [1.54, 1.807) is 30.3 Å². The van der Waals surface area contributed by atoms with E-state index in [0.717, 1.165) is 10.4 Å². The highest BCUT2D eigenvalue weighted by molar-refractivity contribution is 7.22. The Kier molecular flexibility index (Phi) is 8.70. The Labute approximate surface area is 253 Å². The molecule has 4 aromatic rings. The normalized spacial score (nSPS) is 15.0. The molecule has 9 nitrogen and oxygen atoms in total. The van der Waals surface area contributed by atoms with Gasteiger partial charge >= 0.3 is 11.9 Å². The third-order valence-corrected chi connectivity index (χ3v) is 8.38. The Morgan fingerprint density at radius 3 is 2.42 bits per heavy atom. The van der Waals surface area contributed by atoms with Gasteiger partial charge in [0, 0.05) is 28.8 Å². The maximum atomic E-state index is 13.9. The zero-order chi connectivity index (χ0) is 30.8. The number of fused-ring (bicyclic) bond motifs is 1. The summed E-state index contributed by atoms with van der Waals surface area (Å²) in [5.74, 6) is -3.73. The van der Waals surface area contributed by atoms with Crippen LogP contribution in [0, 0.1) is 0 Å². The van der Waals surface area contributed by atoms with Gasteiger partial charge in [-0.25, -0.2) is 13.8 Å². The van der Waals surface area contributed by atoms with Gasteiger partial charge in [-0.3, -0.25) is 19.0 Å². The molecule has 2 aromatic heterocycles. The topological polar surface area (TPSA) is 106 Å². The molecule has 0 radical (unpaired) electrons. The Morgan fingerprint density at radius 1 is 1.02 bits per heavy atom. The number of carbonyl (C=O) groups excluding carboxylic acids is 2. The van der Waals surface area contributed by atoms with E-state index >= 15 is 0 Å². The first-order chi connectivity index (χ1) is 20.5. The molecule has 1 aliphatic rings. The number of rotatable bonds is 11. The van der Waals surface area contributed by atoms with Gasteiger partial charge in [0.1, 0.15) is 17.6 Å². The summed E-state index contributed by atoms with van der Waals surface area (Å²) < 4.78 is 50.8. The van der Waals surface area contributed by atoms with E-state index in [4.69, 9.17) is 25.8 Å². The van der Waals surface area contributed by atoms with E-state index in [2.05, 4.69) is 9.72 Å². The maximum absolute atomic E-state index is 13.9. The molecule has 0 saturated heterocycles. The summed E-state index contributed by atoms with van der Waals surface area (Å²) in [5, 5.41) is 0.612. The number of methoxy groups -OCH3 is 2. The molecule has 0 aliphatic heterocycles. The highest BCUT2D eigenvalue weighted by atomic mass is 35.5. The Balaban J connectivity index is 1.32. The van der Waals surface area contributed by atoms with E-state index in [-0.39, 0.29) is 42.9 Å². The quantitative estimate of drug-likeness (QED) is 0.180. The molecule has 0 bridgehead atoms. The van der Waals surface area contributed by atoms with Crippen LogP contribution in [-0.4, -0.2) is 53.8 Å². The van der Waals surface area contributed by atoms with Gasteiger partial charge in [-0.15, -0.1) is 11.3 Å². The minimum Gasteiger partial charge on any atom is -0.493 e. The molecule has 0 atom stereocenters. The number of esters is 2. The second kappa shape index (κ2) is 12.3. The highest BCUT2D eigenvalue weighted by Crippen LogP contribution is 2.49. The summed E-state index contributed by atoms with van der Waals surface area (Å²) in [6.07, 6.45) is 0.0902. The van der Waals surface area contributed by atoms with E-state index < -0.39 is 36.3 Å². The van der Waals surface area contributed by atoms with Crippen LogP contribution in [0.4, 0.5) is 8.78 Å². The second-order valence-electron chi connectivity index (χ2n) is 10.2. The number of hydrogen-bond donors (Lipinski definition) is 0. The SMILES string of the molecule is COC(=O)CCCC(=O)OC1(COc2ccc(-n3cnc4cc(-c5ccc(Cl)cc5)sc4c3=O)cc2OC)CC(F)(F)C1. The van der Waals surface area contributed by atoms with Crippen LogP contribution in [0.1, 0.15) is 32.1 Å². The number of alkyl halides is 2. The largest absolute Gasteiger partial charge is 0.493 e. The van der Waals surface area contributed by atoms with Gasteiger partial charge in [-0.2, -0.15) is 0 Å². The molecule has 43 heavy (non-hydrogen) atoms. The fraction of sp³-hybridized carbons (Fsp3) is 0.333. The fourth-order valence-electron chi connectivity index (χ4n) is 4.85. The molecule has 1 fully saturated rings. The number of thiophene rings is 1. The summed E-state index contributed by atoms with van der Waals surface area (Å²) in [5.41, 5.74) is 0.121. The predicted octanol–water partition coefficient (Wildman–Crippen LogP) is 6.21. The lowest BCUT2D eigenvalue weighted by molar-refractivity contribution is -0.234. The summed E-state index contributed by atoms with van der Waals surface area (Å²) in [6, 6.07) is 13.9. The number of nitrogens with zero attached hydrogens (tertiary/aromatic N) is 2. The van der Waals surface area contributed by atoms with Crippen LogP contribution in [0.15, 0.2) is 59.7 Å². The molecule has 2 aromatic carbocycles. The molecule has 13 heteroatoms. The van der Waals surface area contributed by atoms with E-state index in [1.807, 2.05) is 18.2 Å². The Bertz CT molecular complexity index is 1710. The summed E-state index contributed by atoms with van der Waals surface area (Å²) in [6.45, 7) is -0.336. The molecule has 5 rings (SSSR count). The summed E-state index contributed by atoms with van der Waals surface area (Å²) >= 11 is 7.31. The van der Waals surface area contributed by atoms with Crippen molar-refractivity contribution < 1.29 is 37.3 Å². The third-order valence-electron chi connectivity index (χ3n) is 6.96. The van der Waals surface area contributed by atoms with Gasteiger partial charge in [-0.1, -0.05) is 23.7 Å². The van der Waals surface area contributed by atoms with E-state index in [1.165, 1.54) is 36.5 Å². The van der Waals surface area contributed by atoms with Crippen LogP contribution in [0.5, 0.6) is 11.5 Å². The third kappa shape index (κ3) is 6.80. The average molecular weight is 633 g/mol. The van der Waals surface area contributed by atoms with Crippen LogP contribution in [0.25, 0.3) is 26.3 Å². The van der Waals surface area contributed by atoms with Crippen LogP contribution in [0.2, 0.25) is 5.02 Å². The molecule has 0 unspecified atom stereocenters. The lowest BCUT2D eigenvalue weighted by Crippen LogP contribution is -2.58. The zero-order valence-electron chi connectivity index (χ0n) is 23.2. The molecule has 226 valence electrons. The number of ether oxygens (including phenoxy) is 4. The van der Waals surface area contributed by atoms with E-state index in [9.17, 15) is 23.2 Å². The Hall–Kier alpha value is -4.03. The number of benzene rings is 2. The molecular weight excluding hydrogens is 606 g/mol. The molecule has 2 heterocycles. The summed E-state index contributed by atoms with van der Waals surface area (Å²) in [4.78, 5) is 42.4. The monoisotopic (exact) mass is 632 g/mol. The lowest BCUT2D eigenvalue weighted by Gasteiger charge is -2.45. The van der Waals surface area contributed by atoms with E-state index in [0.29, 0.717) is 20.9 Å². The van der Waals surface area contributed by atoms with Gasteiger partial charge in [0.05, 0.1) is 38.3 Å². The first-order valence-electron chi connectivity index (χ1n) is 13.3. The Morgan fingerprint density at radius 2 is 1.74 bits per heavy atom. The van der Waals surface area contributed by atoms with Crippen molar-refractivity contribution in [1.29, 1.82) is 0 Å². The van der Waals surface area contributed by atoms with Crippen molar-refractivity contribution in [3.05, 3.63) is 70.2 Å². The molecule has 0 spiro atoms. The van der Waals surface area contributed by atoms with Gasteiger partial charge in [-0.05, 0) is 42.3 Å². The molecule has 0 amide bonds. The van der Waals surface area contributed by atoms with Crippen LogP contribution in [-0.2, 0) is 19.1 Å². The molecule has 1 saturated carbocycles. The van der Waals surface area contributed by atoms with Crippen molar-refractivity contribution in [2.75, 3.05) is 20.8 Å². The first kappa shape index (κ1) is 30.4. The van der Waals surface area contributed by atoms with Crippen molar-refractivity contribution in [1.82, 2.24) is 9.55 Å². The standard InChI is InChI=1S/C30H27ClF2N2O7S/c1-39-23-12-20(35-17-34-21-13-24(43-27(21)28(35)38)18-6-8-19(31)9-7-18)10-11-22(23)41-16-29(14-30(32,33)15-29)42-26(37)5-3-4-25(36)40-2/h6-13,17H,3-5,14-16H2,1-2H3. The number of aromatic nitrogens is 2. The maximum Gasteiger partial charge on any atom is 0.306 e. The molecule has 0 N–H and O–H groups in total. The molecule has 1 aliphatic carbocycles. The van der Waals surface area contributed by atoms with Crippen LogP contribution >= 0.6 is 22.9 Å². The highest BCUT2D eigenvalue weighted by Gasteiger charge is 2.60. The van der Waals surface area contributed by atoms with Crippen molar-refractivity contribution in [2.24, 2.45) is 0 Å². The first-order valence-corrected chi connectivity index (χ1v) is 14.5. The fourth-order valence-corrected chi connectivity index (χ4v) is 6.03. The number of halogens is 3. The minimum absolute atomic E-state index is 0.0103. The van der Waals surface area contributed by atoms with Crippen LogP contribution < -0.4 is 15.0 Å². The summed E-state index contributed by atoms with van der Waals surface area (Å²) in [7, 11) is 2.64. The van der Waals surface area contributed by atoms with Gasteiger partial charge in [0.15, 0.2) is 17.1 Å². The molecular formula is C30H27ClF2N2O7S. The van der Waals surface area contributed by atoms with Crippen molar-refractivity contribution in [3.8, 4) is 27.6 Å².